The first-order valence-electron chi connectivity index (χ1n) is 9.25. The Hall–Kier alpha value is -1.29. The first-order chi connectivity index (χ1) is 11.5. The summed E-state index contributed by atoms with van der Waals surface area (Å²) >= 11 is 5.56. The lowest BCUT2D eigenvalue weighted by molar-refractivity contribution is -0.0490. The second-order valence-corrected chi connectivity index (χ2v) is 8.84. The highest BCUT2D eigenvalue weighted by Gasteiger charge is 2.50. The summed E-state index contributed by atoms with van der Waals surface area (Å²) in [6.45, 7) is 3.10. The van der Waals surface area contributed by atoms with Crippen molar-refractivity contribution in [3.8, 4) is 5.75 Å². The summed E-state index contributed by atoms with van der Waals surface area (Å²) in [5.74, 6) is 3.78. The van der Waals surface area contributed by atoms with Gasteiger partial charge >= 0.3 is 0 Å². The molecule has 24 heavy (non-hydrogen) atoms. The van der Waals surface area contributed by atoms with Crippen molar-refractivity contribution < 1.29 is 4.74 Å². The minimum atomic E-state index is 0.497. The first-order valence-corrected chi connectivity index (χ1v) is 9.65. The van der Waals surface area contributed by atoms with Gasteiger partial charge in [0.2, 0.25) is 0 Å². The van der Waals surface area contributed by atoms with E-state index < -0.39 is 0 Å². The fourth-order valence-electron chi connectivity index (χ4n) is 5.86. The Balaban J connectivity index is 1.38. The molecule has 0 amide bonds. The molecular formula is C20H28N2OS. The number of benzene rings is 1. The predicted molar refractivity (Wildman–Crippen MR) is 103 cm³/mol. The van der Waals surface area contributed by atoms with E-state index in [0.29, 0.717) is 5.41 Å². The number of anilines is 1. The molecule has 4 aliphatic rings. The van der Waals surface area contributed by atoms with Crippen molar-refractivity contribution in [2.45, 2.75) is 45.4 Å². The average molecular weight is 345 g/mol. The molecule has 0 radical (unpaired) electrons. The quantitative estimate of drug-likeness (QED) is 0.788. The number of thiocarbonyl (C=S) groups is 1. The molecule has 4 heteroatoms. The van der Waals surface area contributed by atoms with Crippen LogP contribution in [0.15, 0.2) is 18.2 Å². The van der Waals surface area contributed by atoms with Crippen LogP contribution in [0.3, 0.4) is 0 Å². The summed E-state index contributed by atoms with van der Waals surface area (Å²) < 4.78 is 5.43. The van der Waals surface area contributed by atoms with Gasteiger partial charge in [-0.1, -0.05) is 6.07 Å². The second-order valence-electron chi connectivity index (χ2n) is 8.43. The SMILES string of the molecule is COc1ccc(C)cc1NC(=S)NCC12CC3CC(CC(C3)C1)C2. The number of nitrogens with one attached hydrogen (secondary N) is 2. The highest BCUT2D eigenvalue weighted by Crippen LogP contribution is 2.59. The van der Waals surface area contributed by atoms with Crippen molar-refractivity contribution in [2.75, 3.05) is 19.0 Å². The van der Waals surface area contributed by atoms with Crippen molar-refractivity contribution >= 4 is 23.0 Å². The number of methoxy groups -OCH3 is 1. The summed E-state index contributed by atoms with van der Waals surface area (Å²) in [6.07, 6.45) is 8.68. The number of hydrogen-bond acceptors (Lipinski definition) is 2. The molecule has 130 valence electrons. The van der Waals surface area contributed by atoms with E-state index >= 15 is 0 Å². The average Bonchev–Trinajstić information content (AvgIpc) is 2.52. The highest BCUT2D eigenvalue weighted by atomic mass is 32.1. The zero-order valence-corrected chi connectivity index (χ0v) is 15.5. The Morgan fingerprint density at radius 3 is 2.38 bits per heavy atom. The van der Waals surface area contributed by atoms with E-state index in [-0.39, 0.29) is 0 Å². The van der Waals surface area contributed by atoms with Crippen molar-refractivity contribution in [3.63, 3.8) is 0 Å². The highest BCUT2D eigenvalue weighted by molar-refractivity contribution is 7.80. The fraction of sp³-hybridized carbons (Fsp3) is 0.650. The third-order valence-electron chi connectivity index (χ3n) is 6.39. The van der Waals surface area contributed by atoms with Gasteiger partial charge in [0.15, 0.2) is 5.11 Å². The summed E-state index contributed by atoms with van der Waals surface area (Å²) in [6, 6.07) is 6.12. The molecule has 1 aromatic rings. The van der Waals surface area contributed by atoms with E-state index in [2.05, 4.69) is 29.7 Å². The van der Waals surface area contributed by atoms with Crippen LogP contribution in [-0.4, -0.2) is 18.8 Å². The summed E-state index contributed by atoms with van der Waals surface area (Å²) in [5.41, 5.74) is 2.64. The number of aryl methyl sites for hydroxylation is 1. The van der Waals surface area contributed by atoms with Crippen LogP contribution in [0.25, 0.3) is 0 Å². The van der Waals surface area contributed by atoms with Crippen LogP contribution >= 0.6 is 12.2 Å². The molecule has 0 aliphatic heterocycles. The predicted octanol–water partition coefficient (Wildman–Crippen LogP) is 4.51. The largest absolute Gasteiger partial charge is 0.495 e. The van der Waals surface area contributed by atoms with Crippen molar-refractivity contribution in [2.24, 2.45) is 23.2 Å². The zero-order valence-electron chi connectivity index (χ0n) is 14.7. The molecule has 3 nitrogen and oxygen atoms in total. The molecule has 0 unspecified atom stereocenters. The number of ether oxygens (including phenoxy) is 1. The van der Waals surface area contributed by atoms with Crippen LogP contribution in [0.2, 0.25) is 0 Å². The molecule has 4 bridgehead atoms. The lowest BCUT2D eigenvalue weighted by atomic mass is 9.49. The summed E-state index contributed by atoms with van der Waals surface area (Å²) in [5, 5.41) is 7.57. The maximum absolute atomic E-state index is 5.56. The van der Waals surface area contributed by atoms with Gasteiger partial charge in [0.25, 0.3) is 0 Å². The fourth-order valence-corrected chi connectivity index (χ4v) is 6.04. The third-order valence-corrected chi connectivity index (χ3v) is 6.64. The van der Waals surface area contributed by atoms with Crippen LogP contribution in [0.1, 0.15) is 44.1 Å². The van der Waals surface area contributed by atoms with E-state index in [1.165, 1.54) is 44.1 Å². The van der Waals surface area contributed by atoms with E-state index in [4.69, 9.17) is 17.0 Å². The molecule has 1 aromatic carbocycles. The Kier molecular flexibility index (Phi) is 4.19. The summed E-state index contributed by atoms with van der Waals surface area (Å²) in [4.78, 5) is 0. The normalized spacial score (nSPS) is 33.3. The Morgan fingerprint density at radius 1 is 1.17 bits per heavy atom. The molecule has 0 heterocycles. The molecule has 0 aromatic heterocycles. The van der Waals surface area contributed by atoms with Crippen molar-refractivity contribution in [1.29, 1.82) is 0 Å². The van der Waals surface area contributed by atoms with Crippen molar-refractivity contribution in [3.05, 3.63) is 23.8 Å². The number of hydrogen-bond donors (Lipinski definition) is 2. The van der Waals surface area contributed by atoms with Gasteiger partial charge < -0.3 is 15.4 Å². The number of rotatable bonds is 4. The zero-order chi connectivity index (χ0) is 16.7. The van der Waals surface area contributed by atoms with Gasteiger partial charge in [-0.05, 0) is 98.5 Å². The molecule has 0 atom stereocenters. The second kappa shape index (κ2) is 6.21. The Labute approximate surface area is 150 Å². The lowest BCUT2D eigenvalue weighted by Gasteiger charge is -2.57. The molecular weight excluding hydrogens is 316 g/mol. The third kappa shape index (κ3) is 3.13. The summed E-state index contributed by atoms with van der Waals surface area (Å²) in [7, 11) is 1.70. The molecule has 4 saturated carbocycles. The van der Waals surface area contributed by atoms with Gasteiger partial charge in [0.1, 0.15) is 5.75 Å². The van der Waals surface area contributed by atoms with Crippen LogP contribution in [0.4, 0.5) is 5.69 Å². The molecule has 5 rings (SSSR count). The standard InChI is InChI=1S/C20H28N2OS/c1-13-3-4-18(23-2)17(5-13)22-19(24)21-12-20-9-14-6-15(10-20)8-16(7-14)11-20/h3-5,14-16H,6-12H2,1-2H3,(H2,21,22,24). The molecule has 0 spiro atoms. The maximum Gasteiger partial charge on any atom is 0.170 e. The van der Waals surface area contributed by atoms with Gasteiger partial charge in [-0.15, -0.1) is 0 Å². The smallest absolute Gasteiger partial charge is 0.170 e. The topological polar surface area (TPSA) is 33.3 Å². The van der Waals surface area contributed by atoms with Crippen LogP contribution in [0, 0.1) is 30.1 Å². The van der Waals surface area contributed by atoms with Crippen LogP contribution in [-0.2, 0) is 0 Å². The van der Waals surface area contributed by atoms with E-state index in [1.54, 1.807) is 7.11 Å². The van der Waals surface area contributed by atoms with E-state index in [0.717, 1.165) is 40.8 Å². The van der Waals surface area contributed by atoms with Crippen molar-refractivity contribution in [1.82, 2.24) is 5.32 Å². The Bertz CT molecular complexity index is 607. The molecule has 4 fully saturated rings. The van der Waals surface area contributed by atoms with Crippen LogP contribution < -0.4 is 15.4 Å². The van der Waals surface area contributed by atoms with E-state index in [1.807, 2.05) is 6.07 Å². The molecule has 2 N–H and O–H groups in total. The van der Waals surface area contributed by atoms with Gasteiger partial charge in [-0.2, -0.15) is 0 Å². The monoisotopic (exact) mass is 344 g/mol. The van der Waals surface area contributed by atoms with Gasteiger partial charge in [-0.25, -0.2) is 0 Å². The minimum Gasteiger partial charge on any atom is -0.495 e. The van der Waals surface area contributed by atoms with Gasteiger partial charge in [0, 0.05) is 6.54 Å². The minimum absolute atomic E-state index is 0.497. The van der Waals surface area contributed by atoms with E-state index in [9.17, 15) is 0 Å². The van der Waals surface area contributed by atoms with Gasteiger partial charge in [-0.3, -0.25) is 0 Å². The Morgan fingerprint density at radius 2 is 1.79 bits per heavy atom. The first kappa shape index (κ1) is 16.2. The molecule has 4 aliphatic carbocycles. The maximum atomic E-state index is 5.56. The van der Waals surface area contributed by atoms with Gasteiger partial charge in [0.05, 0.1) is 12.8 Å². The lowest BCUT2D eigenvalue weighted by Crippen LogP contribution is -2.51. The molecule has 0 saturated heterocycles. The van der Waals surface area contributed by atoms with Crippen LogP contribution in [0.5, 0.6) is 5.75 Å².